The van der Waals surface area contributed by atoms with E-state index in [1.165, 1.54) is 10.6 Å². The van der Waals surface area contributed by atoms with E-state index in [0.29, 0.717) is 42.9 Å². The van der Waals surface area contributed by atoms with Gasteiger partial charge in [-0.1, -0.05) is 11.6 Å². The highest BCUT2D eigenvalue weighted by atomic mass is 35.5. The summed E-state index contributed by atoms with van der Waals surface area (Å²) < 4.78 is 25.0. The first kappa shape index (κ1) is 23.3. The highest BCUT2D eigenvalue weighted by Gasteiger charge is 2.24. The molecule has 2 aliphatic rings. The van der Waals surface area contributed by atoms with Crippen molar-refractivity contribution in [2.45, 2.75) is 18.9 Å². The molecule has 0 bridgehead atoms. The number of imidazole rings is 1. The summed E-state index contributed by atoms with van der Waals surface area (Å²) in [5.74, 6) is 0.740. The van der Waals surface area contributed by atoms with Crippen molar-refractivity contribution in [3.63, 3.8) is 0 Å². The van der Waals surface area contributed by atoms with Crippen LogP contribution < -0.4 is 10.2 Å². The minimum atomic E-state index is -3.13. The van der Waals surface area contributed by atoms with Crippen LogP contribution in [-0.2, 0) is 10.0 Å². The Hall–Kier alpha value is -2.40. The summed E-state index contributed by atoms with van der Waals surface area (Å²) in [6.07, 6.45) is 5.06. The Kier molecular flexibility index (Phi) is 6.41. The van der Waals surface area contributed by atoms with E-state index in [0.717, 1.165) is 54.2 Å². The average molecular weight is 504 g/mol. The molecule has 4 heterocycles. The highest BCUT2D eigenvalue weighted by Crippen LogP contribution is 2.32. The van der Waals surface area contributed by atoms with Gasteiger partial charge in [0.25, 0.3) is 0 Å². The van der Waals surface area contributed by atoms with Crippen LogP contribution in [0.1, 0.15) is 12.8 Å². The van der Waals surface area contributed by atoms with E-state index >= 15 is 0 Å². The Morgan fingerprint density at radius 2 is 1.74 bits per heavy atom. The number of aromatic amines is 1. The van der Waals surface area contributed by atoms with Gasteiger partial charge in [0, 0.05) is 43.5 Å². The summed E-state index contributed by atoms with van der Waals surface area (Å²) in [6.45, 7) is 4.47. The van der Waals surface area contributed by atoms with Crippen LogP contribution in [0.5, 0.6) is 0 Å². The number of nitrogens with one attached hydrogen (secondary N) is 2. The van der Waals surface area contributed by atoms with Gasteiger partial charge in [-0.05, 0) is 57.2 Å². The molecule has 2 fully saturated rings. The highest BCUT2D eigenvalue weighted by molar-refractivity contribution is 7.88. The maximum absolute atomic E-state index is 11.8. The number of piperazine rings is 1. The second-order valence-electron chi connectivity index (χ2n) is 9.18. The number of hydrogen-bond donors (Lipinski definition) is 2. The maximum atomic E-state index is 11.8. The van der Waals surface area contributed by atoms with Crippen molar-refractivity contribution in [3.8, 4) is 11.4 Å². The second kappa shape index (κ2) is 9.33. The largest absolute Gasteiger partial charge is 0.379 e. The van der Waals surface area contributed by atoms with Crippen LogP contribution in [-0.4, -0.2) is 91.2 Å². The number of rotatable bonds is 5. The zero-order valence-corrected chi connectivity index (χ0v) is 21.0. The third kappa shape index (κ3) is 4.86. The van der Waals surface area contributed by atoms with Crippen LogP contribution in [0.15, 0.2) is 30.5 Å². The number of fused-ring (bicyclic) bond motifs is 1. The van der Waals surface area contributed by atoms with E-state index in [4.69, 9.17) is 16.6 Å². The van der Waals surface area contributed by atoms with Gasteiger partial charge in [0.05, 0.1) is 23.2 Å². The fraction of sp³-hybridized carbons (Fsp3) is 0.478. The normalized spacial score (nSPS) is 19.1. The van der Waals surface area contributed by atoms with Crippen LogP contribution in [0.2, 0.25) is 5.02 Å². The van der Waals surface area contributed by atoms with Crippen LogP contribution in [0.3, 0.4) is 0 Å². The molecular weight excluding hydrogens is 474 g/mol. The Morgan fingerprint density at radius 3 is 2.38 bits per heavy atom. The van der Waals surface area contributed by atoms with E-state index < -0.39 is 10.0 Å². The number of piperidine rings is 1. The van der Waals surface area contributed by atoms with Crippen molar-refractivity contribution < 1.29 is 8.42 Å². The molecule has 3 aromatic rings. The number of halogens is 1. The van der Waals surface area contributed by atoms with E-state index in [1.54, 1.807) is 6.20 Å². The summed E-state index contributed by atoms with van der Waals surface area (Å²) in [6, 6.07) is 8.53. The molecule has 2 aromatic heterocycles. The standard InChI is InChI=1S/C23H30ClN7O2S/c1-29-9-7-17(8-10-29)26-20-19(24)15-25-23-21(20)27-22(28-23)16-3-5-18(6-4-16)30-11-13-31(14-12-30)34(2,32)33/h3-6,15,17H,7-14H2,1-2H3,(H2,25,26,27,28). The molecule has 34 heavy (non-hydrogen) atoms. The van der Waals surface area contributed by atoms with Gasteiger partial charge < -0.3 is 20.1 Å². The van der Waals surface area contributed by atoms with E-state index in [9.17, 15) is 8.42 Å². The lowest BCUT2D eigenvalue weighted by molar-refractivity contribution is 0.264. The van der Waals surface area contributed by atoms with E-state index in [1.807, 2.05) is 12.1 Å². The number of aromatic nitrogens is 3. The number of H-pyrrole nitrogens is 1. The van der Waals surface area contributed by atoms with E-state index in [-0.39, 0.29) is 0 Å². The topological polar surface area (TPSA) is 97.5 Å². The zero-order chi connectivity index (χ0) is 23.9. The van der Waals surface area contributed by atoms with Gasteiger partial charge in [-0.3, -0.25) is 0 Å². The van der Waals surface area contributed by atoms with Crippen LogP contribution in [0, 0.1) is 0 Å². The van der Waals surface area contributed by atoms with Crippen molar-refractivity contribution in [3.05, 3.63) is 35.5 Å². The molecule has 5 rings (SSSR count). The molecule has 0 radical (unpaired) electrons. The molecule has 0 unspecified atom stereocenters. The molecule has 2 N–H and O–H groups in total. The molecule has 2 aliphatic heterocycles. The first-order chi connectivity index (χ1) is 16.3. The first-order valence-electron chi connectivity index (χ1n) is 11.6. The van der Waals surface area contributed by atoms with Gasteiger partial charge in [-0.2, -0.15) is 4.31 Å². The quantitative estimate of drug-likeness (QED) is 0.552. The van der Waals surface area contributed by atoms with Crippen molar-refractivity contribution in [1.29, 1.82) is 0 Å². The number of pyridine rings is 1. The fourth-order valence-electron chi connectivity index (χ4n) is 4.67. The number of likely N-dealkylation sites (tertiary alicyclic amines) is 1. The van der Waals surface area contributed by atoms with E-state index in [2.05, 4.69) is 44.3 Å². The molecule has 1 aromatic carbocycles. The molecule has 0 amide bonds. The first-order valence-corrected chi connectivity index (χ1v) is 13.8. The number of benzene rings is 1. The second-order valence-corrected chi connectivity index (χ2v) is 11.6. The van der Waals surface area contributed by atoms with Gasteiger partial charge >= 0.3 is 0 Å². The third-order valence-electron chi connectivity index (χ3n) is 6.75. The summed E-state index contributed by atoms with van der Waals surface area (Å²) in [7, 11) is -0.987. The smallest absolute Gasteiger partial charge is 0.211 e. The van der Waals surface area contributed by atoms with Gasteiger partial charge in [0.15, 0.2) is 5.65 Å². The third-order valence-corrected chi connectivity index (χ3v) is 8.34. The monoisotopic (exact) mass is 503 g/mol. The van der Waals surface area contributed by atoms with Crippen molar-refractivity contribution in [2.24, 2.45) is 0 Å². The molecule has 9 nitrogen and oxygen atoms in total. The maximum Gasteiger partial charge on any atom is 0.211 e. The van der Waals surface area contributed by atoms with Crippen LogP contribution >= 0.6 is 11.6 Å². The molecule has 182 valence electrons. The van der Waals surface area contributed by atoms with Crippen molar-refractivity contribution >= 4 is 44.2 Å². The predicted octanol–water partition coefficient (Wildman–Crippen LogP) is 2.87. The molecule has 0 saturated carbocycles. The Bertz CT molecular complexity index is 1260. The van der Waals surface area contributed by atoms with Crippen molar-refractivity contribution in [2.75, 3.05) is 62.8 Å². The molecule has 11 heteroatoms. The van der Waals surface area contributed by atoms with Crippen LogP contribution in [0.25, 0.3) is 22.6 Å². The fourth-order valence-corrected chi connectivity index (χ4v) is 5.69. The SMILES string of the molecule is CN1CCC(Nc2c(Cl)cnc3[nH]c(-c4ccc(N5CCN(S(C)(=O)=O)CC5)cc4)nc23)CC1. The summed E-state index contributed by atoms with van der Waals surface area (Å²) in [5, 5.41) is 4.19. The van der Waals surface area contributed by atoms with Gasteiger partial charge in [-0.25, -0.2) is 18.4 Å². The molecule has 2 saturated heterocycles. The van der Waals surface area contributed by atoms with Gasteiger partial charge in [-0.15, -0.1) is 0 Å². The van der Waals surface area contributed by atoms with Crippen LogP contribution in [0.4, 0.5) is 11.4 Å². The Morgan fingerprint density at radius 1 is 1.06 bits per heavy atom. The molecular formula is C23H30ClN7O2S. The molecule has 0 atom stereocenters. The Balaban J connectivity index is 1.33. The lowest BCUT2D eigenvalue weighted by Crippen LogP contribution is -2.48. The minimum absolute atomic E-state index is 0.363. The van der Waals surface area contributed by atoms with Crippen molar-refractivity contribution in [1.82, 2.24) is 24.2 Å². The predicted molar refractivity (Wildman–Crippen MR) is 137 cm³/mol. The molecule has 0 aliphatic carbocycles. The zero-order valence-electron chi connectivity index (χ0n) is 19.5. The lowest BCUT2D eigenvalue weighted by atomic mass is 10.1. The lowest BCUT2D eigenvalue weighted by Gasteiger charge is -2.34. The van der Waals surface area contributed by atoms with Gasteiger partial charge in [0.1, 0.15) is 11.3 Å². The van der Waals surface area contributed by atoms with Gasteiger partial charge in [0.2, 0.25) is 10.0 Å². The number of anilines is 2. The average Bonchev–Trinajstić information content (AvgIpc) is 3.27. The Labute approximate surface area is 205 Å². The minimum Gasteiger partial charge on any atom is -0.379 e. The summed E-state index contributed by atoms with van der Waals surface area (Å²) in [5.41, 5.74) is 4.32. The number of hydrogen-bond acceptors (Lipinski definition) is 7. The number of nitrogens with zero attached hydrogens (tertiary/aromatic N) is 5. The summed E-state index contributed by atoms with van der Waals surface area (Å²) in [4.78, 5) is 17.2. The summed E-state index contributed by atoms with van der Waals surface area (Å²) >= 11 is 6.52. The molecule has 0 spiro atoms. The number of sulfonamides is 1.